The molecule has 2 rings (SSSR count). The lowest BCUT2D eigenvalue weighted by Gasteiger charge is -2.36. The molecule has 0 spiro atoms. The van der Waals surface area contributed by atoms with Crippen molar-refractivity contribution in [2.45, 2.75) is 33.4 Å². The molecule has 22 heavy (non-hydrogen) atoms. The van der Waals surface area contributed by atoms with E-state index in [-0.39, 0.29) is 30.6 Å². The van der Waals surface area contributed by atoms with Gasteiger partial charge in [0.2, 0.25) is 0 Å². The van der Waals surface area contributed by atoms with Gasteiger partial charge in [0.15, 0.2) is 5.78 Å². The maximum atomic E-state index is 12.2. The maximum absolute atomic E-state index is 12.2. The maximum Gasteiger partial charge on any atom is 0.344 e. The Hall–Kier alpha value is -2.41. The summed E-state index contributed by atoms with van der Waals surface area (Å²) in [6.07, 6.45) is 0. The number of carbonyl (C=O) groups is 3. The molecule has 4 amide bonds. The number of nitrogens with one attached hydrogen (secondary N) is 2. The van der Waals surface area contributed by atoms with E-state index >= 15 is 0 Å². The number of imide groups is 1. The molecule has 118 valence electrons. The summed E-state index contributed by atoms with van der Waals surface area (Å²) in [5, 5.41) is 4.00. The molecule has 0 saturated carbocycles. The molecule has 1 aliphatic rings. The van der Waals surface area contributed by atoms with Crippen molar-refractivity contribution in [3.05, 3.63) is 35.4 Å². The zero-order valence-electron chi connectivity index (χ0n) is 12.9. The van der Waals surface area contributed by atoms with Gasteiger partial charge in [-0.1, -0.05) is 24.3 Å². The summed E-state index contributed by atoms with van der Waals surface area (Å²) in [6, 6.07) is 6.18. The van der Waals surface area contributed by atoms with Crippen molar-refractivity contribution in [1.29, 1.82) is 0 Å². The standard InChI is InChI=1S/C15H20N4O3/c1-10(2)19-14(21)16-9-18(15(19)22)17-8-12-4-6-13(7-5-12)11(3)20/h4-7,10,17H,8-9H2,1-3H3,(H,16,21). The van der Waals surface area contributed by atoms with Crippen molar-refractivity contribution in [3.63, 3.8) is 0 Å². The minimum Gasteiger partial charge on any atom is -0.318 e. The van der Waals surface area contributed by atoms with E-state index < -0.39 is 0 Å². The first-order valence-corrected chi connectivity index (χ1v) is 7.12. The van der Waals surface area contributed by atoms with Gasteiger partial charge >= 0.3 is 12.1 Å². The van der Waals surface area contributed by atoms with Crippen LogP contribution in [0, 0.1) is 0 Å². The third-order valence-electron chi connectivity index (χ3n) is 3.40. The number of urea groups is 2. The van der Waals surface area contributed by atoms with Gasteiger partial charge in [0.05, 0.1) is 0 Å². The highest BCUT2D eigenvalue weighted by Gasteiger charge is 2.33. The Morgan fingerprint density at radius 2 is 1.91 bits per heavy atom. The van der Waals surface area contributed by atoms with Crippen LogP contribution in [-0.4, -0.2) is 40.5 Å². The Morgan fingerprint density at radius 3 is 2.45 bits per heavy atom. The average Bonchev–Trinajstić information content (AvgIpc) is 2.46. The number of nitrogens with zero attached hydrogens (tertiary/aromatic N) is 2. The molecule has 2 N–H and O–H groups in total. The van der Waals surface area contributed by atoms with Crippen LogP contribution in [-0.2, 0) is 6.54 Å². The van der Waals surface area contributed by atoms with Crippen LogP contribution < -0.4 is 10.7 Å². The van der Waals surface area contributed by atoms with E-state index in [1.807, 2.05) is 12.1 Å². The third kappa shape index (κ3) is 3.43. The highest BCUT2D eigenvalue weighted by atomic mass is 16.2. The fraction of sp³-hybridized carbons (Fsp3) is 0.400. The first-order chi connectivity index (χ1) is 10.4. The average molecular weight is 304 g/mol. The molecule has 0 aromatic heterocycles. The number of hydrogen-bond acceptors (Lipinski definition) is 4. The predicted molar refractivity (Wildman–Crippen MR) is 80.9 cm³/mol. The predicted octanol–water partition coefficient (Wildman–Crippen LogP) is 1.71. The van der Waals surface area contributed by atoms with Gasteiger partial charge in [0.1, 0.15) is 6.67 Å². The van der Waals surface area contributed by atoms with Crippen molar-refractivity contribution in [2.24, 2.45) is 0 Å². The van der Waals surface area contributed by atoms with Crippen LogP contribution in [0.15, 0.2) is 24.3 Å². The molecule has 0 unspecified atom stereocenters. The lowest BCUT2D eigenvalue weighted by atomic mass is 10.1. The molecule has 0 bridgehead atoms. The minimum atomic E-state index is -0.385. The summed E-state index contributed by atoms with van der Waals surface area (Å²) in [5.41, 5.74) is 4.57. The molecule has 0 atom stereocenters. The van der Waals surface area contributed by atoms with E-state index in [2.05, 4.69) is 10.7 Å². The van der Waals surface area contributed by atoms with Gasteiger partial charge in [-0.3, -0.25) is 4.79 Å². The van der Waals surface area contributed by atoms with Crippen molar-refractivity contribution in [3.8, 4) is 0 Å². The number of amides is 4. The van der Waals surface area contributed by atoms with Gasteiger partial charge in [-0.25, -0.2) is 24.9 Å². The van der Waals surface area contributed by atoms with Crippen molar-refractivity contribution < 1.29 is 14.4 Å². The first-order valence-electron chi connectivity index (χ1n) is 7.12. The first kappa shape index (κ1) is 16.0. The zero-order chi connectivity index (χ0) is 16.3. The number of ketones is 1. The summed E-state index contributed by atoms with van der Waals surface area (Å²) < 4.78 is 0. The molecule has 1 aromatic carbocycles. The van der Waals surface area contributed by atoms with E-state index in [1.54, 1.807) is 26.0 Å². The zero-order valence-corrected chi connectivity index (χ0v) is 12.9. The molecule has 1 aromatic rings. The smallest absolute Gasteiger partial charge is 0.318 e. The summed E-state index contributed by atoms with van der Waals surface area (Å²) in [5.74, 6) is 0.0148. The summed E-state index contributed by atoms with van der Waals surface area (Å²) >= 11 is 0. The Balaban J connectivity index is 1.97. The molecule has 7 nitrogen and oxygen atoms in total. The van der Waals surface area contributed by atoms with Crippen LogP contribution in [0.3, 0.4) is 0 Å². The van der Waals surface area contributed by atoms with Crippen molar-refractivity contribution in [2.75, 3.05) is 6.67 Å². The Morgan fingerprint density at radius 1 is 1.27 bits per heavy atom. The second-order valence-electron chi connectivity index (χ2n) is 5.40. The molecular formula is C15H20N4O3. The van der Waals surface area contributed by atoms with E-state index in [1.165, 1.54) is 11.9 Å². The molecular weight excluding hydrogens is 284 g/mol. The van der Waals surface area contributed by atoms with Crippen molar-refractivity contribution >= 4 is 17.8 Å². The number of hydrogen-bond donors (Lipinski definition) is 2. The Labute approximate surface area is 129 Å². The van der Waals surface area contributed by atoms with Gasteiger partial charge in [-0.15, -0.1) is 0 Å². The monoisotopic (exact) mass is 304 g/mol. The van der Waals surface area contributed by atoms with E-state index in [0.29, 0.717) is 12.1 Å². The topological polar surface area (TPSA) is 81.8 Å². The van der Waals surface area contributed by atoms with Crippen LogP contribution >= 0.6 is 0 Å². The second kappa shape index (κ2) is 6.57. The largest absolute Gasteiger partial charge is 0.344 e. The highest BCUT2D eigenvalue weighted by Crippen LogP contribution is 2.09. The molecule has 7 heteroatoms. The normalized spacial score (nSPS) is 15.3. The molecule has 1 fully saturated rings. The lowest BCUT2D eigenvalue weighted by Crippen LogP contribution is -2.64. The fourth-order valence-corrected chi connectivity index (χ4v) is 2.14. The van der Waals surface area contributed by atoms with Gasteiger partial charge in [-0.05, 0) is 26.3 Å². The summed E-state index contributed by atoms with van der Waals surface area (Å²) in [7, 11) is 0. The molecule has 1 heterocycles. The van der Waals surface area contributed by atoms with Crippen LogP contribution in [0.25, 0.3) is 0 Å². The van der Waals surface area contributed by atoms with Crippen molar-refractivity contribution in [1.82, 2.24) is 20.7 Å². The number of benzene rings is 1. The van der Waals surface area contributed by atoms with Crippen LogP contribution in [0.2, 0.25) is 0 Å². The third-order valence-corrected chi connectivity index (χ3v) is 3.40. The lowest BCUT2D eigenvalue weighted by molar-refractivity contribution is 0.0984. The second-order valence-corrected chi connectivity index (χ2v) is 5.40. The number of hydrazine groups is 1. The van der Waals surface area contributed by atoms with Gasteiger partial charge in [-0.2, -0.15) is 0 Å². The number of carbonyl (C=O) groups excluding carboxylic acids is 3. The van der Waals surface area contributed by atoms with Gasteiger partial charge in [0.25, 0.3) is 0 Å². The number of Topliss-reactive ketones (excluding diaryl/α,β-unsaturated/α-hetero) is 1. The number of rotatable bonds is 5. The van der Waals surface area contributed by atoms with E-state index in [4.69, 9.17) is 0 Å². The van der Waals surface area contributed by atoms with Gasteiger partial charge in [0, 0.05) is 18.2 Å². The van der Waals surface area contributed by atoms with Crippen LogP contribution in [0.5, 0.6) is 0 Å². The SMILES string of the molecule is CC(=O)c1ccc(CNN2CNC(=O)N(C(C)C)C2=O)cc1. The summed E-state index contributed by atoms with van der Waals surface area (Å²) in [6.45, 7) is 5.61. The van der Waals surface area contributed by atoms with Crippen LogP contribution in [0.1, 0.15) is 36.7 Å². The minimum absolute atomic E-state index is 0.0148. The molecule has 0 radical (unpaired) electrons. The van der Waals surface area contributed by atoms with E-state index in [0.717, 1.165) is 10.5 Å². The molecule has 1 saturated heterocycles. The summed E-state index contributed by atoms with van der Waals surface area (Å²) in [4.78, 5) is 36.3. The molecule has 0 aliphatic carbocycles. The Bertz CT molecular complexity index is 583. The van der Waals surface area contributed by atoms with Crippen LogP contribution in [0.4, 0.5) is 9.59 Å². The quantitative estimate of drug-likeness (QED) is 0.811. The Kier molecular flexibility index (Phi) is 4.77. The van der Waals surface area contributed by atoms with E-state index in [9.17, 15) is 14.4 Å². The van der Waals surface area contributed by atoms with Gasteiger partial charge < -0.3 is 5.32 Å². The molecule has 1 aliphatic heterocycles. The highest BCUT2D eigenvalue weighted by molar-refractivity contribution is 5.95. The fourth-order valence-electron chi connectivity index (χ4n) is 2.14.